The number of rotatable bonds is 7. The van der Waals surface area contributed by atoms with E-state index in [0.717, 1.165) is 73.9 Å². The molecule has 198 valence electrons. The number of carboxylic acids is 1. The third-order valence-electron chi connectivity index (χ3n) is 9.16. The quantitative estimate of drug-likeness (QED) is 0.289. The number of nitro groups is 1. The topological polar surface area (TPSA) is 133 Å². The second-order valence-electron chi connectivity index (χ2n) is 10.8. The van der Waals surface area contributed by atoms with Crippen molar-refractivity contribution in [2.45, 2.75) is 62.7 Å². The molecule has 3 aliphatic carbocycles. The third-order valence-corrected chi connectivity index (χ3v) is 10.4. The van der Waals surface area contributed by atoms with E-state index in [4.69, 9.17) is 8.92 Å². The summed E-state index contributed by atoms with van der Waals surface area (Å²) in [6.07, 6.45) is 5.94. The van der Waals surface area contributed by atoms with Gasteiger partial charge in [0.15, 0.2) is 11.5 Å². The van der Waals surface area contributed by atoms with Crippen LogP contribution in [-0.2, 0) is 21.3 Å². The maximum Gasteiger partial charge on any atom is 0.339 e. The molecule has 9 nitrogen and oxygen atoms in total. The fourth-order valence-electron chi connectivity index (χ4n) is 7.36. The van der Waals surface area contributed by atoms with E-state index in [1.165, 1.54) is 7.11 Å². The van der Waals surface area contributed by atoms with Crippen molar-refractivity contribution >= 4 is 21.8 Å². The summed E-state index contributed by atoms with van der Waals surface area (Å²) in [5.41, 5.74) is 2.04. The Hall–Kier alpha value is -3.14. The van der Waals surface area contributed by atoms with Crippen LogP contribution < -0.4 is 8.92 Å². The van der Waals surface area contributed by atoms with Gasteiger partial charge in [-0.3, -0.25) is 14.9 Å². The molecule has 2 aromatic carbocycles. The number of aryl methyl sites for hydroxylation is 1. The molecule has 0 saturated heterocycles. The Bertz CT molecular complexity index is 1340. The molecule has 5 rings (SSSR count). The second kappa shape index (κ2) is 9.31. The van der Waals surface area contributed by atoms with E-state index in [1.54, 1.807) is 6.07 Å². The smallest absolute Gasteiger partial charge is 0.339 e. The summed E-state index contributed by atoms with van der Waals surface area (Å²) >= 11 is 0. The minimum atomic E-state index is -4.22. The molecule has 2 aromatic rings. The minimum Gasteiger partial charge on any atom is -0.493 e. The molecule has 0 aliphatic heterocycles. The number of hydrogen-bond donors (Lipinski definition) is 1. The molecule has 2 saturated carbocycles. The summed E-state index contributed by atoms with van der Waals surface area (Å²) in [4.78, 5) is 21.6. The van der Waals surface area contributed by atoms with Gasteiger partial charge in [0, 0.05) is 18.6 Å². The minimum absolute atomic E-state index is 0.0447. The number of nitro benzene ring substituents is 1. The summed E-state index contributed by atoms with van der Waals surface area (Å²) in [7, 11) is -2.75. The number of nitrogens with zero attached hydrogens (tertiary/aromatic N) is 1. The standard InChI is InChI=1S/C27H31NO8S/c1-27-12-11-20-21(23(27)10-4-17(27)14-26(29)30)9-3-16-13-25(24(35-2)15-22(16)20)36-37(33,34)19-7-5-18(6-8-19)28(31)32/h5-8,13,15,17,20-21,23H,3-4,9-12,14H2,1-2H3,(H,29,30)/t17-,20?,21?,23?,27-/m0/s1. The normalized spacial score (nSPS) is 28.5. The average Bonchev–Trinajstić information content (AvgIpc) is 3.18. The van der Waals surface area contributed by atoms with Gasteiger partial charge >= 0.3 is 16.1 Å². The summed E-state index contributed by atoms with van der Waals surface area (Å²) in [6, 6.07) is 8.22. The largest absolute Gasteiger partial charge is 0.493 e. The van der Waals surface area contributed by atoms with Crippen molar-refractivity contribution in [2.24, 2.45) is 23.2 Å². The highest BCUT2D eigenvalue weighted by atomic mass is 32.2. The molecule has 0 bridgehead atoms. The first-order chi connectivity index (χ1) is 17.5. The Labute approximate surface area is 216 Å². The van der Waals surface area contributed by atoms with Crippen LogP contribution in [0.25, 0.3) is 0 Å². The van der Waals surface area contributed by atoms with Crippen LogP contribution in [-0.4, -0.2) is 31.5 Å². The van der Waals surface area contributed by atoms with Gasteiger partial charge in [-0.05, 0) is 103 Å². The van der Waals surface area contributed by atoms with Gasteiger partial charge in [-0.2, -0.15) is 8.42 Å². The summed E-state index contributed by atoms with van der Waals surface area (Å²) < 4.78 is 36.9. The van der Waals surface area contributed by atoms with Gasteiger partial charge in [0.2, 0.25) is 0 Å². The second-order valence-corrected chi connectivity index (χ2v) is 12.4. The monoisotopic (exact) mass is 529 g/mol. The molecule has 1 N–H and O–H groups in total. The van der Waals surface area contributed by atoms with Crippen molar-refractivity contribution < 1.29 is 32.2 Å². The van der Waals surface area contributed by atoms with Gasteiger partial charge in [0.25, 0.3) is 5.69 Å². The fraction of sp³-hybridized carbons (Fsp3) is 0.519. The van der Waals surface area contributed by atoms with Gasteiger partial charge in [0.1, 0.15) is 4.90 Å². The van der Waals surface area contributed by atoms with Crippen LogP contribution in [0, 0.1) is 33.3 Å². The number of benzene rings is 2. The number of aliphatic carboxylic acids is 1. The Kier molecular flexibility index (Phi) is 6.42. The van der Waals surface area contributed by atoms with Gasteiger partial charge in [-0.15, -0.1) is 0 Å². The zero-order valence-corrected chi connectivity index (χ0v) is 21.7. The van der Waals surface area contributed by atoms with Crippen LogP contribution in [0.5, 0.6) is 11.5 Å². The molecular formula is C27H31NO8S. The average molecular weight is 530 g/mol. The molecule has 2 fully saturated rings. The van der Waals surface area contributed by atoms with Crippen molar-refractivity contribution in [3.8, 4) is 11.5 Å². The lowest BCUT2D eigenvalue weighted by atomic mass is 9.54. The molecule has 3 aliphatic rings. The summed E-state index contributed by atoms with van der Waals surface area (Å²) in [5.74, 6) is 1.18. The molecule has 0 spiro atoms. The van der Waals surface area contributed by atoms with Gasteiger partial charge in [-0.25, -0.2) is 0 Å². The van der Waals surface area contributed by atoms with E-state index >= 15 is 0 Å². The third kappa shape index (κ3) is 4.45. The lowest BCUT2D eigenvalue weighted by Crippen LogP contribution is -2.42. The number of carbonyl (C=O) groups is 1. The summed E-state index contributed by atoms with van der Waals surface area (Å²) in [5, 5.41) is 20.3. The van der Waals surface area contributed by atoms with E-state index in [1.807, 2.05) is 6.07 Å². The first-order valence-corrected chi connectivity index (χ1v) is 14.1. The van der Waals surface area contributed by atoms with Crippen molar-refractivity contribution in [1.82, 2.24) is 0 Å². The molecular weight excluding hydrogens is 498 g/mol. The van der Waals surface area contributed by atoms with Crippen LogP contribution in [0.1, 0.15) is 62.5 Å². The zero-order valence-electron chi connectivity index (χ0n) is 20.9. The highest BCUT2D eigenvalue weighted by Gasteiger charge is 2.55. The number of methoxy groups -OCH3 is 1. The van der Waals surface area contributed by atoms with Crippen LogP contribution >= 0.6 is 0 Å². The van der Waals surface area contributed by atoms with Crippen molar-refractivity contribution in [2.75, 3.05) is 7.11 Å². The molecule has 10 heteroatoms. The number of ether oxygens (including phenoxy) is 1. The van der Waals surface area contributed by atoms with Crippen LogP contribution in [0.3, 0.4) is 0 Å². The van der Waals surface area contributed by atoms with Crippen LogP contribution in [0.15, 0.2) is 41.3 Å². The number of carboxylic acid groups (broad SMARTS) is 1. The number of hydrogen-bond acceptors (Lipinski definition) is 7. The van der Waals surface area contributed by atoms with Gasteiger partial charge < -0.3 is 14.0 Å². The maximum absolute atomic E-state index is 12.9. The Morgan fingerprint density at radius 2 is 1.86 bits per heavy atom. The molecule has 0 radical (unpaired) electrons. The van der Waals surface area contributed by atoms with Crippen molar-refractivity contribution in [3.63, 3.8) is 0 Å². The molecule has 5 atom stereocenters. The van der Waals surface area contributed by atoms with E-state index in [9.17, 15) is 28.4 Å². The lowest BCUT2D eigenvalue weighted by molar-refractivity contribution is -0.384. The molecule has 0 amide bonds. The first-order valence-electron chi connectivity index (χ1n) is 12.6. The van der Waals surface area contributed by atoms with Crippen LogP contribution in [0.4, 0.5) is 5.69 Å². The van der Waals surface area contributed by atoms with E-state index < -0.39 is 21.0 Å². The predicted molar refractivity (Wildman–Crippen MR) is 134 cm³/mol. The summed E-state index contributed by atoms with van der Waals surface area (Å²) in [6.45, 7) is 2.28. The molecule has 3 unspecified atom stereocenters. The van der Waals surface area contributed by atoms with E-state index in [-0.39, 0.29) is 34.1 Å². The number of non-ortho nitro benzene ring substituents is 1. The molecule has 0 heterocycles. The van der Waals surface area contributed by atoms with E-state index in [2.05, 4.69) is 6.92 Å². The van der Waals surface area contributed by atoms with Gasteiger partial charge in [0.05, 0.1) is 12.0 Å². The lowest BCUT2D eigenvalue weighted by Gasteiger charge is -2.51. The Balaban J connectivity index is 1.41. The van der Waals surface area contributed by atoms with Crippen molar-refractivity contribution in [3.05, 3.63) is 57.6 Å². The van der Waals surface area contributed by atoms with Crippen LogP contribution in [0.2, 0.25) is 0 Å². The maximum atomic E-state index is 12.9. The van der Waals surface area contributed by atoms with Gasteiger partial charge in [-0.1, -0.05) is 6.92 Å². The molecule has 37 heavy (non-hydrogen) atoms. The fourth-order valence-corrected chi connectivity index (χ4v) is 8.29. The highest BCUT2D eigenvalue weighted by Crippen LogP contribution is 2.64. The van der Waals surface area contributed by atoms with E-state index in [0.29, 0.717) is 23.5 Å². The zero-order chi connectivity index (χ0) is 26.5. The predicted octanol–water partition coefficient (Wildman–Crippen LogP) is 5.32. The Morgan fingerprint density at radius 1 is 1.14 bits per heavy atom. The Morgan fingerprint density at radius 3 is 2.51 bits per heavy atom. The number of fused-ring (bicyclic) bond motifs is 5. The SMILES string of the molecule is COc1cc2c(cc1OS(=O)(=O)c1ccc([N+](=O)[O-])cc1)CCC1C2CC[C@]2(C)C1CC[C@H]2CC(=O)O. The van der Waals surface area contributed by atoms with Crippen molar-refractivity contribution in [1.29, 1.82) is 0 Å². The highest BCUT2D eigenvalue weighted by molar-refractivity contribution is 7.87. The molecule has 0 aromatic heterocycles. The first kappa shape index (κ1) is 25.5.